The van der Waals surface area contributed by atoms with Crippen molar-refractivity contribution in [2.24, 2.45) is 0 Å². The number of amides is 1. The van der Waals surface area contributed by atoms with Crippen LogP contribution < -0.4 is 10.1 Å². The summed E-state index contributed by atoms with van der Waals surface area (Å²) in [4.78, 5) is 12.4. The van der Waals surface area contributed by atoms with E-state index in [9.17, 15) is 13.2 Å². The molecule has 1 fully saturated rings. The minimum atomic E-state index is -3.35. The van der Waals surface area contributed by atoms with E-state index in [0.717, 1.165) is 17.6 Å². The zero-order valence-electron chi connectivity index (χ0n) is 13.8. The van der Waals surface area contributed by atoms with Gasteiger partial charge in [0, 0.05) is 6.54 Å². The molecule has 0 bridgehead atoms. The molecule has 2 unspecified atom stereocenters. The third kappa shape index (κ3) is 4.45. The highest BCUT2D eigenvalue weighted by molar-refractivity contribution is 7.88. The molecule has 1 aliphatic heterocycles. The fraction of sp³-hybridized carbons (Fsp3) is 0.562. The molecule has 1 N–H and O–H groups in total. The summed E-state index contributed by atoms with van der Waals surface area (Å²) in [7, 11) is -3.35. The van der Waals surface area contributed by atoms with Crippen molar-refractivity contribution < 1.29 is 17.9 Å². The van der Waals surface area contributed by atoms with Crippen molar-refractivity contribution in [1.82, 2.24) is 9.62 Å². The van der Waals surface area contributed by atoms with Crippen molar-refractivity contribution >= 4 is 15.9 Å². The Morgan fingerprint density at radius 2 is 2.04 bits per heavy atom. The SMILES string of the molecule is CCOc1ccc(C(C)NC(=O)C2CCCN2S(C)(=O)=O)cc1. The largest absolute Gasteiger partial charge is 0.494 e. The first-order chi connectivity index (χ1) is 10.8. The van der Waals surface area contributed by atoms with Gasteiger partial charge in [-0.2, -0.15) is 4.31 Å². The number of benzene rings is 1. The number of nitrogens with zero attached hydrogens (tertiary/aromatic N) is 1. The van der Waals surface area contributed by atoms with Crippen LogP contribution in [0.3, 0.4) is 0 Å². The van der Waals surface area contributed by atoms with Crippen LogP contribution in [0.5, 0.6) is 5.75 Å². The lowest BCUT2D eigenvalue weighted by Crippen LogP contribution is -2.46. The summed E-state index contributed by atoms with van der Waals surface area (Å²) in [6.07, 6.45) is 2.42. The molecule has 2 atom stereocenters. The van der Waals surface area contributed by atoms with Gasteiger partial charge in [0.05, 0.1) is 18.9 Å². The topological polar surface area (TPSA) is 75.7 Å². The quantitative estimate of drug-likeness (QED) is 0.855. The molecule has 128 valence electrons. The van der Waals surface area contributed by atoms with E-state index in [1.807, 2.05) is 38.1 Å². The number of hydrogen-bond donors (Lipinski definition) is 1. The van der Waals surface area contributed by atoms with Crippen molar-refractivity contribution in [2.75, 3.05) is 19.4 Å². The molecule has 1 aromatic carbocycles. The Balaban J connectivity index is 2.01. The standard InChI is InChI=1S/C16H24N2O4S/c1-4-22-14-9-7-13(8-10-14)12(2)17-16(19)15-6-5-11-18(15)23(3,20)21/h7-10,12,15H,4-6,11H2,1-3H3,(H,17,19). The van der Waals surface area contributed by atoms with E-state index in [1.165, 1.54) is 4.31 Å². The smallest absolute Gasteiger partial charge is 0.238 e. The normalized spacial score (nSPS) is 20.2. The monoisotopic (exact) mass is 340 g/mol. The van der Waals surface area contributed by atoms with E-state index in [2.05, 4.69) is 5.32 Å². The summed E-state index contributed by atoms with van der Waals surface area (Å²) >= 11 is 0. The summed E-state index contributed by atoms with van der Waals surface area (Å²) in [5, 5.41) is 2.91. The number of ether oxygens (including phenoxy) is 1. The molecule has 0 radical (unpaired) electrons. The highest BCUT2D eigenvalue weighted by Gasteiger charge is 2.36. The molecule has 0 aliphatic carbocycles. The minimum absolute atomic E-state index is 0.194. The van der Waals surface area contributed by atoms with Crippen LogP contribution in [0.15, 0.2) is 24.3 Å². The van der Waals surface area contributed by atoms with Crippen molar-refractivity contribution in [3.63, 3.8) is 0 Å². The molecular weight excluding hydrogens is 316 g/mol. The second-order valence-electron chi connectivity index (χ2n) is 5.76. The first-order valence-corrected chi connectivity index (χ1v) is 9.67. The van der Waals surface area contributed by atoms with Gasteiger partial charge in [-0.3, -0.25) is 4.79 Å². The highest BCUT2D eigenvalue weighted by Crippen LogP contribution is 2.22. The molecular formula is C16H24N2O4S. The van der Waals surface area contributed by atoms with Gasteiger partial charge in [0.2, 0.25) is 15.9 Å². The van der Waals surface area contributed by atoms with Gasteiger partial charge in [-0.25, -0.2) is 8.42 Å². The summed E-state index contributed by atoms with van der Waals surface area (Å²) in [6, 6.07) is 6.73. The first-order valence-electron chi connectivity index (χ1n) is 7.83. The third-order valence-electron chi connectivity index (χ3n) is 3.98. The number of hydrogen-bond acceptors (Lipinski definition) is 4. The molecule has 1 aliphatic rings. The molecule has 0 spiro atoms. The molecule has 1 saturated heterocycles. The molecule has 2 rings (SSSR count). The lowest BCUT2D eigenvalue weighted by Gasteiger charge is -2.23. The van der Waals surface area contributed by atoms with Crippen molar-refractivity contribution in [2.45, 2.75) is 38.8 Å². The Morgan fingerprint density at radius 1 is 1.39 bits per heavy atom. The third-order valence-corrected chi connectivity index (χ3v) is 5.27. The van der Waals surface area contributed by atoms with Crippen LogP contribution in [0.2, 0.25) is 0 Å². The van der Waals surface area contributed by atoms with Crippen molar-refractivity contribution in [1.29, 1.82) is 0 Å². The van der Waals surface area contributed by atoms with Gasteiger partial charge in [-0.15, -0.1) is 0 Å². The van der Waals surface area contributed by atoms with E-state index in [4.69, 9.17) is 4.74 Å². The van der Waals surface area contributed by atoms with E-state index < -0.39 is 16.1 Å². The van der Waals surface area contributed by atoms with Crippen LogP contribution in [-0.2, 0) is 14.8 Å². The molecule has 6 nitrogen and oxygen atoms in total. The number of rotatable bonds is 6. The van der Waals surface area contributed by atoms with Gasteiger partial charge >= 0.3 is 0 Å². The Hall–Kier alpha value is -1.60. The molecule has 1 amide bonds. The van der Waals surface area contributed by atoms with E-state index in [-0.39, 0.29) is 11.9 Å². The molecule has 1 heterocycles. The maximum absolute atomic E-state index is 12.4. The zero-order valence-corrected chi connectivity index (χ0v) is 14.6. The lowest BCUT2D eigenvalue weighted by atomic mass is 10.1. The maximum Gasteiger partial charge on any atom is 0.238 e. The van der Waals surface area contributed by atoms with Crippen LogP contribution >= 0.6 is 0 Å². The van der Waals surface area contributed by atoms with Gasteiger partial charge in [0.1, 0.15) is 11.8 Å². The van der Waals surface area contributed by atoms with Crippen LogP contribution in [0.4, 0.5) is 0 Å². The maximum atomic E-state index is 12.4. The van der Waals surface area contributed by atoms with E-state index in [0.29, 0.717) is 26.0 Å². The Bertz CT molecular complexity index is 643. The van der Waals surface area contributed by atoms with E-state index >= 15 is 0 Å². The Labute approximate surface area is 137 Å². The first kappa shape index (κ1) is 17.7. The minimum Gasteiger partial charge on any atom is -0.494 e. The zero-order chi connectivity index (χ0) is 17.0. The summed E-state index contributed by atoms with van der Waals surface area (Å²) in [5.74, 6) is 0.545. The van der Waals surface area contributed by atoms with E-state index in [1.54, 1.807) is 0 Å². The second-order valence-corrected chi connectivity index (χ2v) is 7.70. The molecule has 23 heavy (non-hydrogen) atoms. The van der Waals surface area contributed by atoms with Gasteiger partial charge in [-0.05, 0) is 44.4 Å². The molecule has 7 heteroatoms. The highest BCUT2D eigenvalue weighted by atomic mass is 32.2. The molecule has 1 aromatic rings. The summed E-state index contributed by atoms with van der Waals surface area (Å²) < 4.78 is 30.1. The number of carbonyl (C=O) groups excluding carboxylic acids is 1. The molecule has 0 aromatic heterocycles. The number of sulfonamides is 1. The van der Waals surface area contributed by atoms with Crippen LogP contribution in [0.25, 0.3) is 0 Å². The predicted octanol–water partition coefficient (Wildman–Crippen LogP) is 1.69. The van der Waals surface area contributed by atoms with Crippen molar-refractivity contribution in [3.8, 4) is 5.75 Å². The summed E-state index contributed by atoms with van der Waals surface area (Å²) in [6.45, 7) is 4.82. The molecule has 0 saturated carbocycles. The average molecular weight is 340 g/mol. The fourth-order valence-electron chi connectivity index (χ4n) is 2.81. The van der Waals surface area contributed by atoms with Gasteiger partial charge in [-0.1, -0.05) is 12.1 Å². The van der Waals surface area contributed by atoms with Gasteiger partial charge < -0.3 is 10.1 Å². The number of nitrogens with one attached hydrogen (secondary N) is 1. The van der Waals surface area contributed by atoms with Gasteiger partial charge in [0.15, 0.2) is 0 Å². The van der Waals surface area contributed by atoms with Gasteiger partial charge in [0.25, 0.3) is 0 Å². The predicted molar refractivity (Wildman–Crippen MR) is 88.7 cm³/mol. The Kier molecular flexibility index (Phi) is 5.64. The number of carbonyl (C=O) groups is 1. The van der Waals surface area contributed by atoms with Crippen LogP contribution in [0.1, 0.15) is 38.3 Å². The summed E-state index contributed by atoms with van der Waals surface area (Å²) in [5.41, 5.74) is 0.950. The van der Waals surface area contributed by atoms with Crippen molar-refractivity contribution in [3.05, 3.63) is 29.8 Å². The fourth-order valence-corrected chi connectivity index (χ4v) is 3.94. The average Bonchev–Trinajstić information content (AvgIpc) is 2.98. The lowest BCUT2D eigenvalue weighted by molar-refractivity contribution is -0.124. The second kappa shape index (κ2) is 7.31. The van der Waals surface area contributed by atoms with Crippen LogP contribution in [0, 0.1) is 0 Å². The Morgan fingerprint density at radius 3 is 2.61 bits per heavy atom. The van der Waals surface area contributed by atoms with Crippen LogP contribution in [-0.4, -0.2) is 44.1 Å².